The maximum absolute atomic E-state index is 13.7. The van der Waals surface area contributed by atoms with Crippen molar-refractivity contribution in [1.82, 2.24) is 9.88 Å². The van der Waals surface area contributed by atoms with Crippen molar-refractivity contribution in [2.45, 2.75) is 18.7 Å². The van der Waals surface area contributed by atoms with Crippen molar-refractivity contribution in [3.8, 4) is 0 Å². The number of likely N-dealkylation sites (N-methyl/N-ethyl adjacent to an activating group) is 1. The molecule has 0 spiro atoms. The van der Waals surface area contributed by atoms with Crippen LogP contribution in [0, 0.1) is 0 Å². The number of amides is 1. The molecule has 3 aromatic carbocycles. The molecule has 0 atom stereocenters. The molecule has 7 nitrogen and oxygen atoms in total. The van der Waals surface area contributed by atoms with Crippen molar-refractivity contribution >= 4 is 60.6 Å². The zero-order valence-electron chi connectivity index (χ0n) is 21.5. The van der Waals surface area contributed by atoms with E-state index >= 15 is 0 Å². The van der Waals surface area contributed by atoms with E-state index in [0.29, 0.717) is 45.1 Å². The van der Waals surface area contributed by atoms with Gasteiger partial charge in [0, 0.05) is 36.0 Å². The van der Waals surface area contributed by atoms with Crippen molar-refractivity contribution in [2.24, 2.45) is 0 Å². The summed E-state index contributed by atoms with van der Waals surface area (Å²) >= 11 is 1.29. The highest BCUT2D eigenvalue weighted by Crippen LogP contribution is 2.33. The van der Waals surface area contributed by atoms with Gasteiger partial charge in [0.05, 0.1) is 9.60 Å². The predicted octanol–water partition coefficient (Wildman–Crippen LogP) is 5.34. The van der Waals surface area contributed by atoms with Gasteiger partial charge in [-0.1, -0.05) is 73.7 Å². The van der Waals surface area contributed by atoms with Gasteiger partial charge in [0.25, 0.3) is 5.91 Å². The largest absolute Gasteiger partial charge is 0.302 e. The molecule has 38 heavy (non-hydrogen) atoms. The van der Waals surface area contributed by atoms with E-state index in [0.717, 1.165) is 19.3 Å². The number of carbonyl (C=O) groups excluding carboxylic acids is 2. The lowest BCUT2D eigenvalue weighted by Gasteiger charge is -2.24. The Kier molecular flexibility index (Phi) is 9.78. The van der Waals surface area contributed by atoms with Crippen LogP contribution in [0.15, 0.2) is 77.7 Å². The molecule has 1 aromatic heterocycles. The summed E-state index contributed by atoms with van der Waals surface area (Å²) in [5.74, 6) is -0.372. The highest BCUT2D eigenvalue weighted by molar-refractivity contribution is 7.91. The molecule has 0 aliphatic carbocycles. The number of para-hydroxylation sites is 1. The summed E-state index contributed by atoms with van der Waals surface area (Å²) in [6, 6.07) is 20.6. The number of thiazole rings is 1. The van der Waals surface area contributed by atoms with Gasteiger partial charge in [0.1, 0.15) is 5.52 Å². The molecule has 4 rings (SSSR count). The summed E-state index contributed by atoms with van der Waals surface area (Å²) in [5, 5.41) is 0.438. The van der Waals surface area contributed by atoms with Gasteiger partial charge in [-0.3, -0.25) is 14.5 Å². The minimum absolute atomic E-state index is 0. The van der Waals surface area contributed by atoms with Crippen molar-refractivity contribution < 1.29 is 18.0 Å². The lowest BCUT2D eigenvalue weighted by atomic mass is 10.0. The fraction of sp³-hybridized carbons (Fsp3) is 0.250. The first-order valence-electron chi connectivity index (χ1n) is 12.1. The van der Waals surface area contributed by atoms with Crippen LogP contribution in [0.1, 0.15) is 40.1 Å². The Morgan fingerprint density at radius 1 is 0.816 bits per heavy atom. The number of nitrogens with zero attached hydrogens (tertiary/aromatic N) is 3. The zero-order chi connectivity index (χ0) is 26.6. The Labute approximate surface area is 233 Å². The monoisotopic (exact) mass is 571 g/mol. The molecule has 1 amide bonds. The summed E-state index contributed by atoms with van der Waals surface area (Å²) in [4.78, 5) is 35.1. The lowest BCUT2D eigenvalue weighted by molar-refractivity contribution is 0.0981. The first kappa shape index (κ1) is 29.4. The summed E-state index contributed by atoms with van der Waals surface area (Å²) in [6.07, 6.45) is 1.16. The van der Waals surface area contributed by atoms with Gasteiger partial charge in [-0.2, -0.15) is 0 Å². The molecule has 10 heteroatoms. The Bertz CT molecular complexity index is 1520. The van der Waals surface area contributed by atoms with Crippen molar-refractivity contribution in [1.29, 1.82) is 0 Å². The molecule has 0 aliphatic rings. The second-order valence-corrected chi connectivity index (χ2v) is 11.6. The van der Waals surface area contributed by atoms with E-state index in [1.165, 1.54) is 17.4 Å². The van der Waals surface area contributed by atoms with E-state index in [4.69, 9.17) is 0 Å². The van der Waals surface area contributed by atoms with Gasteiger partial charge >= 0.3 is 0 Å². The van der Waals surface area contributed by atoms with E-state index in [-0.39, 0.29) is 29.0 Å². The van der Waals surface area contributed by atoms with E-state index in [1.807, 2.05) is 24.3 Å². The molecule has 0 saturated carbocycles. The highest BCUT2D eigenvalue weighted by Gasteiger charge is 2.24. The summed E-state index contributed by atoms with van der Waals surface area (Å²) in [7, 11) is -3.48. The Morgan fingerprint density at radius 3 is 2.03 bits per heavy atom. The van der Waals surface area contributed by atoms with Gasteiger partial charge in [-0.25, -0.2) is 13.4 Å². The average Bonchev–Trinajstić information content (AvgIpc) is 3.34. The fourth-order valence-corrected chi connectivity index (χ4v) is 5.98. The van der Waals surface area contributed by atoms with Gasteiger partial charge in [0.15, 0.2) is 20.8 Å². The van der Waals surface area contributed by atoms with Crippen LogP contribution in [-0.2, 0) is 9.84 Å². The summed E-state index contributed by atoms with van der Waals surface area (Å²) in [6.45, 7) is 6.83. The number of rotatable bonds is 10. The number of hydrogen-bond donors (Lipinski definition) is 0. The van der Waals surface area contributed by atoms with E-state index in [9.17, 15) is 18.0 Å². The Balaban J connectivity index is 0.00000400. The van der Waals surface area contributed by atoms with Gasteiger partial charge in [-0.15, -0.1) is 12.4 Å². The molecule has 200 valence electrons. The van der Waals surface area contributed by atoms with E-state index in [1.54, 1.807) is 47.4 Å². The third-order valence-corrected chi connectivity index (χ3v) is 8.38. The first-order chi connectivity index (χ1) is 17.7. The van der Waals surface area contributed by atoms with Crippen LogP contribution in [0.5, 0.6) is 0 Å². The second-order valence-electron chi connectivity index (χ2n) is 8.63. The topological polar surface area (TPSA) is 87.7 Å². The lowest BCUT2D eigenvalue weighted by Crippen LogP contribution is -2.38. The quantitative estimate of drug-likeness (QED) is 0.239. The van der Waals surface area contributed by atoms with Crippen molar-refractivity contribution in [2.75, 3.05) is 37.3 Å². The highest BCUT2D eigenvalue weighted by atomic mass is 35.5. The number of fused-ring (bicyclic) bond motifs is 1. The Hall–Kier alpha value is -3.11. The molecule has 0 fully saturated rings. The minimum atomic E-state index is -3.48. The number of sulfone groups is 1. The van der Waals surface area contributed by atoms with Crippen LogP contribution in [-0.4, -0.2) is 62.4 Å². The second kappa shape index (κ2) is 12.6. The number of benzene rings is 3. The van der Waals surface area contributed by atoms with Crippen LogP contribution < -0.4 is 4.90 Å². The van der Waals surface area contributed by atoms with Crippen LogP contribution in [0.4, 0.5) is 5.13 Å². The maximum atomic E-state index is 13.7. The molecule has 0 bridgehead atoms. The third-order valence-electron chi connectivity index (χ3n) is 6.21. The number of aromatic nitrogens is 1. The van der Waals surface area contributed by atoms with Gasteiger partial charge < -0.3 is 4.90 Å². The zero-order valence-corrected chi connectivity index (χ0v) is 23.9. The molecule has 1 heterocycles. The predicted molar refractivity (Wildman–Crippen MR) is 156 cm³/mol. The number of carbonyl (C=O) groups is 2. The SMILES string of the molecule is CCN(CC)CCN(C(=O)c1ccc(C(=O)c2ccccc2)cc1)c1nc2c(S(C)(=O)=O)cccc2s1.Cl. The molecule has 0 aliphatic heterocycles. The fourth-order valence-electron chi connectivity index (χ4n) is 4.07. The summed E-state index contributed by atoms with van der Waals surface area (Å²) < 4.78 is 25.3. The van der Waals surface area contributed by atoms with Crippen LogP contribution in [0.25, 0.3) is 10.2 Å². The van der Waals surface area contributed by atoms with Crippen molar-refractivity contribution in [3.63, 3.8) is 0 Å². The Morgan fingerprint density at radius 2 is 1.42 bits per heavy atom. The molecule has 0 saturated heterocycles. The van der Waals surface area contributed by atoms with Gasteiger partial charge in [0.2, 0.25) is 0 Å². The minimum Gasteiger partial charge on any atom is -0.302 e. The molecule has 0 radical (unpaired) electrons. The molecule has 0 unspecified atom stereocenters. The number of halogens is 1. The number of ketones is 1. The maximum Gasteiger partial charge on any atom is 0.260 e. The smallest absolute Gasteiger partial charge is 0.260 e. The standard InChI is InChI=1S/C28H29N3O4S2.ClH/c1-4-30(5-2)18-19-31(28-29-25-23(36-28)12-9-13-24(25)37(3,34)35)27(33)22-16-14-21(15-17-22)26(32)20-10-7-6-8-11-20;/h6-17H,4-5,18-19H2,1-3H3;1H. The third kappa shape index (κ3) is 6.47. The van der Waals surface area contributed by atoms with E-state index in [2.05, 4.69) is 23.7 Å². The normalized spacial score (nSPS) is 11.4. The van der Waals surface area contributed by atoms with Crippen LogP contribution >= 0.6 is 23.7 Å². The van der Waals surface area contributed by atoms with Crippen LogP contribution in [0.3, 0.4) is 0 Å². The molecule has 0 N–H and O–H groups in total. The number of hydrogen-bond acceptors (Lipinski definition) is 7. The van der Waals surface area contributed by atoms with Gasteiger partial charge in [-0.05, 0) is 37.4 Å². The van der Waals surface area contributed by atoms with Crippen molar-refractivity contribution in [3.05, 3.63) is 89.5 Å². The number of anilines is 1. The first-order valence-corrected chi connectivity index (χ1v) is 14.8. The van der Waals surface area contributed by atoms with E-state index < -0.39 is 9.84 Å². The average molecular weight is 572 g/mol. The summed E-state index contributed by atoms with van der Waals surface area (Å²) in [5.41, 5.74) is 1.87. The molecular weight excluding hydrogens is 542 g/mol. The molecular formula is C28H30ClN3O4S2. The van der Waals surface area contributed by atoms with Crippen LogP contribution in [0.2, 0.25) is 0 Å². The molecule has 4 aromatic rings.